The minimum absolute atomic E-state index is 0. The maximum atomic E-state index is 13.2. The predicted molar refractivity (Wildman–Crippen MR) is 128 cm³/mol. The number of benzene rings is 1. The van der Waals surface area contributed by atoms with E-state index in [4.69, 9.17) is 4.74 Å². The summed E-state index contributed by atoms with van der Waals surface area (Å²) >= 11 is 0. The maximum Gasteiger partial charge on any atom is 0.260 e. The largest absolute Gasteiger partial charge is 0.475 e. The Labute approximate surface area is 199 Å². The molecule has 1 aliphatic heterocycles. The highest BCUT2D eigenvalue weighted by Crippen LogP contribution is 2.39. The van der Waals surface area contributed by atoms with Gasteiger partial charge in [-0.3, -0.25) is 4.68 Å². The summed E-state index contributed by atoms with van der Waals surface area (Å²) in [5, 5.41) is 13.9. The Balaban J connectivity index is 0.00000152. The smallest absolute Gasteiger partial charge is 0.260 e. The summed E-state index contributed by atoms with van der Waals surface area (Å²) in [5.41, 5.74) is 4.57. The van der Waals surface area contributed by atoms with E-state index in [-0.39, 0.29) is 25.6 Å². The van der Waals surface area contributed by atoms with E-state index in [0.29, 0.717) is 5.88 Å². The molecule has 11 heteroatoms. The molecule has 0 amide bonds. The minimum Gasteiger partial charge on any atom is -0.475 e. The molecule has 178 valence electrons. The van der Waals surface area contributed by atoms with Crippen molar-refractivity contribution in [2.45, 2.75) is 48.8 Å². The first-order chi connectivity index (χ1) is 16.3. The number of aromatic amines is 1. The van der Waals surface area contributed by atoms with Gasteiger partial charge in [-0.1, -0.05) is 12.1 Å². The van der Waals surface area contributed by atoms with Crippen molar-refractivity contribution in [2.75, 3.05) is 11.9 Å². The molecule has 0 unspecified atom stereocenters. The van der Waals surface area contributed by atoms with Crippen LogP contribution in [0.2, 0.25) is 0 Å². The van der Waals surface area contributed by atoms with E-state index in [2.05, 4.69) is 42.7 Å². The molecule has 1 aromatic carbocycles. The number of H-pyrrole nitrogens is 1. The van der Waals surface area contributed by atoms with Gasteiger partial charge in [0.2, 0.25) is 11.8 Å². The molecule has 0 spiro atoms. The number of nitrogens with one attached hydrogen (secondary N) is 2. The summed E-state index contributed by atoms with van der Waals surface area (Å²) in [6, 6.07) is 9.50. The van der Waals surface area contributed by atoms with Crippen LogP contribution in [0.3, 0.4) is 0 Å². The number of aryl methyl sites for hydroxylation is 1. The molecule has 0 saturated carbocycles. The van der Waals surface area contributed by atoms with Crippen LogP contribution in [0.15, 0.2) is 52.9 Å². The predicted octanol–water partition coefficient (Wildman–Crippen LogP) is 3.75. The first-order valence-corrected chi connectivity index (χ1v) is 12.5. The van der Waals surface area contributed by atoms with Crippen molar-refractivity contribution in [2.24, 2.45) is 0 Å². The zero-order chi connectivity index (χ0) is 23.5. The molecule has 10 nitrogen and oxygen atoms in total. The maximum absolute atomic E-state index is 13.2. The monoisotopic (exact) mass is 481 g/mol. The number of ether oxygens (including phenoxy) is 1. The Morgan fingerprint density at radius 2 is 2.06 bits per heavy atom. The van der Waals surface area contributed by atoms with E-state index in [9.17, 15) is 8.42 Å². The molecule has 34 heavy (non-hydrogen) atoms. The fraction of sp³-hybridized carbons (Fsp3) is 0.304. The highest BCUT2D eigenvalue weighted by atomic mass is 32.2. The number of pyridine rings is 1. The van der Waals surface area contributed by atoms with Gasteiger partial charge in [-0.25, -0.2) is 18.5 Å². The van der Waals surface area contributed by atoms with Crippen molar-refractivity contribution in [1.82, 2.24) is 29.9 Å². The summed E-state index contributed by atoms with van der Waals surface area (Å²) in [6.45, 7) is 4.07. The lowest BCUT2D eigenvalue weighted by atomic mass is 9.98. The Kier molecular flexibility index (Phi) is 4.53. The molecule has 0 fully saturated rings. The van der Waals surface area contributed by atoms with E-state index in [1.54, 1.807) is 17.1 Å². The second kappa shape index (κ2) is 7.39. The standard InChI is InChI=1S/C23H23N7O3S.2H2/c1-23(2)13-33-18-12-15(8-10-24-18)17-7-6-14-4-3-5-16(14)20(17)25-21-26-22(28-27-21)34(31,32)19-9-11-30(23)29-19;;/h6-12H,3-5,13H2,1-2H3,(H2,25,26,27,28);2*1H. The van der Waals surface area contributed by atoms with Gasteiger partial charge in [0.05, 0.1) is 11.2 Å². The minimum atomic E-state index is -3.98. The molecule has 2 aliphatic rings. The molecule has 3 aromatic heterocycles. The molecule has 4 heterocycles. The second-order valence-electron chi connectivity index (χ2n) is 9.15. The number of aromatic nitrogens is 6. The van der Waals surface area contributed by atoms with E-state index in [1.165, 1.54) is 17.2 Å². The number of fused-ring (bicyclic) bond motifs is 10. The van der Waals surface area contributed by atoms with Gasteiger partial charge >= 0.3 is 0 Å². The van der Waals surface area contributed by atoms with Crippen LogP contribution < -0.4 is 10.1 Å². The average Bonchev–Trinajstić information content (AvgIpc) is 3.58. The van der Waals surface area contributed by atoms with Crippen LogP contribution in [0.1, 0.15) is 34.2 Å². The summed E-state index contributed by atoms with van der Waals surface area (Å²) in [5.74, 6) is 0.654. The van der Waals surface area contributed by atoms with E-state index < -0.39 is 15.4 Å². The zero-order valence-corrected chi connectivity index (χ0v) is 19.6. The van der Waals surface area contributed by atoms with Crippen LogP contribution in [0.5, 0.6) is 5.88 Å². The third kappa shape index (κ3) is 3.35. The SMILES string of the molecule is CC1(C)COc2cc(ccn2)-c2ccc3c(c2Nc2n[nH]c(n2)S(=O)(=O)c2ccn1n2)CCC3.[HH].[HH]. The number of rotatable bonds is 0. The van der Waals surface area contributed by atoms with Crippen molar-refractivity contribution in [3.63, 3.8) is 0 Å². The fourth-order valence-electron chi connectivity index (χ4n) is 4.44. The van der Waals surface area contributed by atoms with E-state index >= 15 is 0 Å². The lowest BCUT2D eigenvalue weighted by Gasteiger charge is -2.25. The van der Waals surface area contributed by atoms with Gasteiger partial charge < -0.3 is 10.1 Å². The van der Waals surface area contributed by atoms with E-state index in [1.807, 2.05) is 26.0 Å². The Bertz CT molecular complexity index is 1530. The molecular weight excluding hydrogens is 454 g/mol. The Hall–Kier alpha value is -3.73. The molecule has 6 rings (SSSR count). The fourth-order valence-corrected chi connectivity index (χ4v) is 5.45. The quantitative estimate of drug-likeness (QED) is 0.389. The number of hydrogen-bond donors (Lipinski definition) is 2. The topological polar surface area (TPSA) is 128 Å². The summed E-state index contributed by atoms with van der Waals surface area (Å²) in [7, 11) is -3.98. The van der Waals surface area contributed by atoms with Crippen LogP contribution in [0.25, 0.3) is 11.1 Å². The summed E-state index contributed by atoms with van der Waals surface area (Å²) in [4.78, 5) is 8.64. The van der Waals surface area contributed by atoms with Crippen molar-refractivity contribution < 1.29 is 16.0 Å². The van der Waals surface area contributed by atoms with Gasteiger partial charge in [0.15, 0.2) is 5.03 Å². The average molecular weight is 482 g/mol. The van der Waals surface area contributed by atoms with Crippen LogP contribution in [0, 0.1) is 0 Å². The van der Waals surface area contributed by atoms with Crippen LogP contribution in [-0.4, -0.2) is 45.0 Å². The van der Waals surface area contributed by atoms with Gasteiger partial charge in [-0.2, -0.15) is 10.1 Å². The molecule has 4 aromatic rings. The molecule has 1 aliphatic carbocycles. The second-order valence-corrected chi connectivity index (χ2v) is 11.0. The van der Waals surface area contributed by atoms with Crippen LogP contribution >= 0.6 is 0 Å². The lowest BCUT2D eigenvalue weighted by Crippen LogP contribution is -2.34. The molecule has 6 bridgehead atoms. The first kappa shape index (κ1) is 20.8. The third-order valence-corrected chi connectivity index (χ3v) is 7.78. The van der Waals surface area contributed by atoms with Crippen molar-refractivity contribution in [1.29, 1.82) is 0 Å². The normalized spacial score (nSPS) is 17.8. The van der Waals surface area contributed by atoms with Gasteiger partial charge in [0, 0.05) is 26.9 Å². The van der Waals surface area contributed by atoms with E-state index in [0.717, 1.165) is 36.1 Å². The lowest BCUT2D eigenvalue weighted by molar-refractivity contribution is 0.164. The molecule has 2 N–H and O–H groups in total. The highest BCUT2D eigenvalue weighted by molar-refractivity contribution is 7.91. The van der Waals surface area contributed by atoms with Gasteiger partial charge in [-0.05, 0) is 61.9 Å². The number of nitrogens with zero attached hydrogens (tertiary/aromatic N) is 5. The number of anilines is 2. The van der Waals surface area contributed by atoms with Crippen molar-refractivity contribution in [3.8, 4) is 17.0 Å². The van der Waals surface area contributed by atoms with Gasteiger partial charge in [-0.15, -0.1) is 5.10 Å². The van der Waals surface area contributed by atoms with Crippen molar-refractivity contribution >= 4 is 21.5 Å². The molecule has 0 atom stereocenters. The zero-order valence-electron chi connectivity index (χ0n) is 18.7. The van der Waals surface area contributed by atoms with Crippen LogP contribution in [0.4, 0.5) is 11.6 Å². The summed E-state index contributed by atoms with van der Waals surface area (Å²) in [6.07, 6.45) is 6.32. The molecule has 0 radical (unpaired) electrons. The number of sulfone groups is 1. The molecular formula is C23H27N7O3S. The highest BCUT2D eigenvalue weighted by Gasteiger charge is 2.30. The van der Waals surface area contributed by atoms with Gasteiger partial charge in [0.1, 0.15) is 6.61 Å². The Morgan fingerprint density at radius 1 is 1.18 bits per heavy atom. The van der Waals surface area contributed by atoms with Gasteiger partial charge in [0.25, 0.3) is 15.0 Å². The number of hydrogen-bond acceptors (Lipinski definition) is 8. The summed E-state index contributed by atoms with van der Waals surface area (Å²) < 4.78 is 34.0. The molecule has 0 saturated heterocycles. The van der Waals surface area contributed by atoms with Crippen molar-refractivity contribution in [3.05, 3.63) is 53.9 Å². The Morgan fingerprint density at radius 3 is 2.94 bits per heavy atom. The third-order valence-electron chi connectivity index (χ3n) is 6.32. The van der Waals surface area contributed by atoms with Crippen LogP contribution in [-0.2, 0) is 28.2 Å². The first-order valence-electron chi connectivity index (χ1n) is 11.1.